The maximum Gasteiger partial charge on any atom is 0.573 e. The first kappa shape index (κ1) is 16.5. The molecule has 0 aliphatic rings. The van der Waals surface area contributed by atoms with E-state index in [0.717, 1.165) is 18.2 Å². The lowest BCUT2D eigenvalue weighted by molar-refractivity contribution is -0.274. The Balaban J connectivity index is 2.02. The summed E-state index contributed by atoms with van der Waals surface area (Å²) in [6.07, 6.45) is -4.75. The molecule has 1 aromatic carbocycles. The lowest BCUT2D eigenvalue weighted by Gasteiger charge is -2.15. The number of alkyl halides is 3. The molecule has 0 saturated heterocycles. The number of amides is 1. The van der Waals surface area contributed by atoms with Crippen LogP contribution in [0.25, 0.3) is 0 Å². The van der Waals surface area contributed by atoms with E-state index in [1.165, 1.54) is 18.2 Å². The molecule has 1 aromatic heterocycles. The number of rotatable bonds is 4. The molecule has 2 aromatic rings. The van der Waals surface area contributed by atoms with Gasteiger partial charge >= 0.3 is 6.36 Å². The van der Waals surface area contributed by atoms with Crippen LogP contribution in [0, 0.1) is 0 Å². The number of carbonyl (C=O) groups excluding carboxylic acids is 1. The Bertz CT molecular complexity index is 721. The van der Waals surface area contributed by atoms with Crippen LogP contribution in [0.3, 0.4) is 0 Å². The number of halogens is 3. The van der Waals surface area contributed by atoms with E-state index < -0.39 is 23.9 Å². The van der Waals surface area contributed by atoms with Crippen molar-refractivity contribution in [3.05, 3.63) is 58.0 Å². The Morgan fingerprint density at radius 3 is 2.39 bits per heavy atom. The van der Waals surface area contributed by atoms with Crippen molar-refractivity contribution in [2.45, 2.75) is 19.3 Å². The van der Waals surface area contributed by atoms with Gasteiger partial charge in [-0.3, -0.25) is 9.59 Å². The minimum absolute atomic E-state index is 0.0217. The third-order valence-corrected chi connectivity index (χ3v) is 2.87. The Morgan fingerprint density at radius 1 is 1.22 bits per heavy atom. The molecule has 0 bridgehead atoms. The van der Waals surface area contributed by atoms with Gasteiger partial charge in [0, 0.05) is 6.07 Å². The zero-order chi connectivity index (χ0) is 17.0. The average Bonchev–Trinajstić information content (AvgIpc) is 2.46. The summed E-state index contributed by atoms with van der Waals surface area (Å²) in [7, 11) is 0. The van der Waals surface area contributed by atoms with E-state index in [2.05, 4.69) is 20.3 Å². The van der Waals surface area contributed by atoms with Crippen molar-refractivity contribution < 1.29 is 22.7 Å². The first-order valence-electron chi connectivity index (χ1n) is 6.47. The van der Waals surface area contributed by atoms with Crippen molar-refractivity contribution in [2.75, 3.05) is 0 Å². The molecule has 0 saturated carbocycles. The zero-order valence-corrected chi connectivity index (χ0v) is 11.8. The van der Waals surface area contributed by atoms with Crippen LogP contribution < -0.4 is 15.6 Å². The SMILES string of the molecule is C[C@@H](NC(=O)c1ccc(=O)[nH]n1)c1ccc(OC(F)(F)F)cc1. The van der Waals surface area contributed by atoms with Crippen LogP contribution in [-0.4, -0.2) is 22.5 Å². The number of nitrogens with zero attached hydrogens (tertiary/aromatic N) is 1. The highest BCUT2D eigenvalue weighted by atomic mass is 19.4. The van der Waals surface area contributed by atoms with Gasteiger partial charge in [-0.2, -0.15) is 5.10 Å². The van der Waals surface area contributed by atoms with Gasteiger partial charge in [0.15, 0.2) is 0 Å². The fraction of sp³-hybridized carbons (Fsp3) is 0.214. The van der Waals surface area contributed by atoms with E-state index >= 15 is 0 Å². The van der Waals surface area contributed by atoms with E-state index in [9.17, 15) is 22.8 Å². The number of carbonyl (C=O) groups is 1. The summed E-state index contributed by atoms with van der Waals surface area (Å²) < 4.78 is 40.0. The van der Waals surface area contributed by atoms with Crippen LogP contribution in [-0.2, 0) is 0 Å². The molecule has 122 valence electrons. The van der Waals surface area contributed by atoms with Gasteiger partial charge in [-0.05, 0) is 30.7 Å². The van der Waals surface area contributed by atoms with Crippen LogP contribution >= 0.6 is 0 Å². The number of benzene rings is 1. The molecule has 2 N–H and O–H groups in total. The van der Waals surface area contributed by atoms with Gasteiger partial charge in [0.05, 0.1) is 6.04 Å². The molecule has 0 fully saturated rings. The minimum Gasteiger partial charge on any atom is -0.406 e. The second kappa shape index (κ2) is 6.51. The Morgan fingerprint density at radius 2 is 1.87 bits per heavy atom. The first-order chi connectivity index (χ1) is 10.7. The molecule has 1 heterocycles. The maximum absolute atomic E-state index is 12.1. The molecule has 0 radical (unpaired) electrons. The highest BCUT2D eigenvalue weighted by molar-refractivity contribution is 5.92. The lowest BCUT2D eigenvalue weighted by Crippen LogP contribution is -2.28. The average molecular weight is 327 g/mol. The molecule has 23 heavy (non-hydrogen) atoms. The molecule has 1 amide bonds. The number of H-pyrrole nitrogens is 1. The van der Waals surface area contributed by atoms with Gasteiger partial charge in [-0.1, -0.05) is 12.1 Å². The Labute approximate surface area is 128 Å². The number of aromatic nitrogens is 2. The standard InChI is InChI=1S/C14H12F3N3O3/c1-8(18-13(22)11-6-7-12(21)20-19-11)9-2-4-10(5-3-9)23-14(15,16)17/h2-8H,1H3,(H,18,22)(H,20,21)/t8-/m1/s1. The summed E-state index contributed by atoms with van der Waals surface area (Å²) in [6, 6.07) is 7.08. The van der Waals surface area contributed by atoms with Crippen molar-refractivity contribution in [3.63, 3.8) is 0 Å². The van der Waals surface area contributed by atoms with Gasteiger partial charge in [0.2, 0.25) is 0 Å². The summed E-state index contributed by atoms with van der Waals surface area (Å²) in [5, 5.41) is 8.33. The second-order valence-electron chi connectivity index (χ2n) is 4.62. The fourth-order valence-electron chi connectivity index (χ4n) is 1.78. The van der Waals surface area contributed by atoms with Crippen LogP contribution in [0.1, 0.15) is 29.0 Å². The summed E-state index contributed by atoms with van der Waals surface area (Å²) in [6.45, 7) is 1.66. The topological polar surface area (TPSA) is 84.1 Å². The maximum atomic E-state index is 12.1. The van der Waals surface area contributed by atoms with E-state index in [1.807, 2.05) is 0 Å². The van der Waals surface area contributed by atoms with Crippen LogP contribution in [0.2, 0.25) is 0 Å². The molecule has 0 aliphatic carbocycles. The van der Waals surface area contributed by atoms with Crippen molar-refractivity contribution in [1.29, 1.82) is 0 Å². The molecule has 0 aliphatic heterocycles. The largest absolute Gasteiger partial charge is 0.573 e. The number of nitrogens with one attached hydrogen (secondary N) is 2. The quantitative estimate of drug-likeness (QED) is 0.901. The number of ether oxygens (including phenoxy) is 1. The van der Waals surface area contributed by atoms with Crippen molar-refractivity contribution in [1.82, 2.24) is 15.5 Å². The minimum atomic E-state index is -4.75. The molecule has 9 heteroatoms. The van der Waals surface area contributed by atoms with Gasteiger partial charge in [-0.25, -0.2) is 5.10 Å². The fourth-order valence-corrected chi connectivity index (χ4v) is 1.78. The van der Waals surface area contributed by atoms with E-state index in [0.29, 0.717) is 5.56 Å². The molecule has 2 rings (SSSR count). The third kappa shape index (κ3) is 4.83. The van der Waals surface area contributed by atoms with Crippen molar-refractivity contribution >= 4 is 5.91 Å². The zero-order valence-electron chi connectivity index (χ0n) is 11.8. The number of hydrogen-bond donors (Lipinski definition) is 2. The van der Waals surface area contributed by atoms with Crippen LogP contribution in [0.4, 0.5) is 13.2 Å². The predicted octanol–water partition coefficient (Wildman–Crippen LogP) is 2.16. The summed E-state index contributed by atoms with van der Waals surface area (Å²) in [4.78, 5) is 22.8. The predicted molar refractivity (Wildman–Crippen MR) is 73.9 cm³/mol. The summed E-state index contributed by atoms with van der Waals surface area (Å²) in [5.41, 5.74) is 0.167. The Kier molecular flexibility index (Phi) is 4.68. The third-order valence-electron chi connectivity index (χ3n) is 2.87. The molecular formula is C14H12F3N3O3. The van der Waals surface area contributed by atoms with Gasteiger partial charge in [0.1, 0.15) is 11.4 Å². The van der Waals surface area contributed by atoms with E-state index in [1.54, 1.807) is 6.92 Å². The highest BCUT2D eigenvalue weighted by Gasteiger charge is 2.31. The molecular weight excluding hydrogens is 315 g/mol. The highest BCUT2D eigenvalue weighted by Crippen LogP contribution is 2.24. The monoisotopic (exact) mass is 327 g/mol. The van der Waals surface area contributed by atoms with E-state index in [4.69, 9.17) is 0 Å². The van der Waals surface area contributed by atoms with Gasteiger partial charge < -0.3 is 10.1 Å². The Hall–Kier alpha value is -2.84. The number of aromatic amines is 1. The molecule has 6 nitrogen and oxygen atoms in total. The first-order valence-corrected chi connectivity index (χ1v) is 6.47. The second-order valence-corrected chi connectivity index (χ2v) is 4.62. The summed E-state index contributed by atoms with van der Waals surface area (Å²) >= 11 is 0. The molecule has 1 atom stereocenters. The normalized spacial score (nSPS) is 12.5. The smallest absolute Gasteiger partial charge is 0.406 e. The number of hydrogen-bond acceptors (Lipinski definition) is 4. The lowest BCUT2D eigenvalue weighted by atomic mass is 10.1. The van der Waals surface area contributed by atoms with Gasteiger partial charge in [0.25, 0.3) is 11.5 Å². The van der Waals surface area contributed by atoms with Gasteiger partial charge in [-0.15, -0.1) is 13.2 Å². The summed E-state index contributed by atoms with van der Waals surface area (Å²) in [5.74, 6) is -0.869. The van der Waals surface area contributed by atoms with Crippen LogP contribution in [0.5, 0.6) is 5.75 Å². The molecule has 0 spiro atoms. The van der Waals surface area contributed by atoms with Crippen molar-refractivity contribution in [3.8, 4) is 5.75 Å². The molecule has 0 unspecified atom stereocenters. The van der Waals surface area contributed by atoms with Crippen LogP contribution in [0.15, 0.2) is 41.2 Å². The van der Waals surface area contributed by atoms with Crippen molar-refractivity contribution in [2.24, 2.45) is 0 Å². The van der Waals surface area contributed by atoms with E-state index in [-0.39, 0.29) is 11.4 Å².